The molecule has 2 heterocycles. The zero-order valence-corrected chi connectivity index (χ0v) is 14.5. The van der Waals surface area contributed by atoms with Gasteiger partial charge in [-0.1, -0.05) is 13.3 Å². The molecule has 1 N–H and O–H groups in total. The number of hydrogen-bond donors (Lipinski definition) is 1. The van der Waals surface area contributed by atoms with E-state index in [9.17, 15) is 0 Å². The number of halogens is 1. The van der Waals surface area contributed by atoms with Crippen molar-refractivity contribution in [1.82, 2.24) is 10.3 Å². The summed E-state index contributed by atoms with van der Waals surface area (Å²) >= 11 is 3.58. The Labute approximate surface area is 136 Å². The van der Waals surface area contributed by atoms with Crippen LogP contribution in [0.3, 0.4) is 0 Å². The molecule has 0 aromatic carbocycles. The lowest BCUT2D eigenvalue weighted by Gasteiger charge is -2.38. The van der Waals surface area contributed by atoms with Gasteiger partial charge in [-0.15, -0.1) is 0 Å². The molecule has 1 aromatic heterocycles. The summed E-state index contributed by atoms with van der Waals surface area (Å²) in [6, 6.07) is 3.66. The second kappa shape index (κ2) is 7.10. The van der Waals surface area contributed by atoms with Gasteiger partial charge in [0.15, 0.2) is 0 Å². The van der Waals surface area contributed by atoms with E-state index in [0.717, 1.165) is 23.6 Å². The molecule has 2 fully saturated rings. The summed E-state index contributed by atoms with van der Waals surface area (Å²) in [5.74, 6) is 1.21. The van der Waals surface area contributed by atoms with Crippen LogP contribution < -0.4 is 10.2 Å². The molecule has 3 nitrogen and oxygen atoms in total. The smallest absolute Gasteiger partial charge is 0.133 e. The third kappa shape index (κ3) is 3.98. The van der Waals surface area contributed by atoms with Gasteiger partial charge in [-0.3, -0.25) is 0 Å². The van der Waals surface area contributed by atoms with Crippen LogP contribution in [0.4, 0.5) is 5.82 Å². The first-order valence-corrected chi connectivity index (χ1v) is 9.21. The first kappa shape index (κ1) is 15.3. The van der Waals surface area contributed by atoms with Gasteiger partial charge < -0.3 is 10.2 Å². The van der Waals surface area contributed by atoms with Gasteiger partial charge in [0.25, 0.3) is 0 Å². The van der Waals surface area contributed by atoms with E-state index < -0.39 is 0 Å². The highest BCUT2D eigenvalue weighted by Gasteiger charge is 2.26. The van der Waals surface area contributed by atoms with Crippen LogP contribution in [-0.4, -0.2) is 23.6 Å². The Hall–Kier alpha value is -0.610. The lowest BCUT2D eigenvalue weighted by atomic mass is 9.97. The highest BCUT2D eigenvalue weighted by atomic mass is 79.9. The van der Waals surface area contributed by atoms with Crippen LogP contribution in [0.25, 0.3) is 0 Å². The molecule has 21 heavy (non-hydrogen) atoms. The maximum Gasteiger partial charge on any atom is 0.133 e. The van der Waals surface area contributed by atoms with Crippen LogP contribution in [-0.2, 0) is 6.54 Å². The molecule has 0 bridgehead atoms. The van der Waals surface area contributed by atoms with Crippen molar-refractivity contribution in [2.24, 2.45) is 0 Å². The van der Waals surface area contributed by atoms with Crippen molar-refractivity contribution in [3.63, 3.8) is 0 Å². The minimum atomic E-state index is 0.678. The summed E-state index contributed by atoms with van der Waals surface area (Å²) < 4.78 is 1.09. The molecule has 1 atom stereocenters. The summed E-state index contributed by atoms with van der Waals surface area (Å²) in [5, 5.41) is 3.64. The average molecular weight is 352 g/mol. The number of rotatable bonds is 6. The molecule has 1 saturated carbocycles. The first-order chi connectivity index (χ1) is 10.3. The zero-order valence-electron chi connectivity index (χ0n) is 12.9. The van der Waals surface area contributed by atoms with Crippen molar-refractivity contribution in [3.8, 4) is 0 Å². The Kier molecular flexibility index (Phi) is 5.17. The van der Waals surface area contributed by atoms with Crippen LogP contribution in [0.2, 0.25) is 0 Å². The van der Waals surface area contributed by atoms with Crippen molar-refractivity contribution in [1.29, 1.82) is 0 Å². The molecule has 1 unspecified atom stereocenters. The quantitative estimate of drug-likeness (QED) is 0.829. The maximum absolute atomic E-state index is 4.77. The molecule has 1 aliphatic heterocycles. The lowest BCUT2D eigenvalue weighted by Crippen LogP contribution is -2.40. The monoisotopic (exact) mass is 351 g/mol. The minimum Gasteiger partial charge on any atom is -0.353 e. The lowest BCUT2D eigenvalue weighted by molar-refractivity contribution is 0.430. The Morgan fingerprint density at radius 2 is 2.19 bits per heavy atom. The molecule has 116 valence electrons. The zero-order chi connectivity index (χ0) is 14.7. The summed E-state index contributed by atoms with van der Waals surface area (Å²) in [4.78, 5) is 7.34. The summed E-state index contributed by atoms with van der Waals surface area (Å²) in [5.41, 5.74) is 1.35. The topological polar surface area (TPSA) is 28.2 Å². The molecule has 2 aliphatic rings. The van der Waals surface area contributed by atoms with E-state index in [4.69, 9.17) is 4.98 Å². The van der Waals surface area contributed by atoms with Gasteiger partial charge in [-0.05, 0) is 60.5 Å². The van der Waals surface area contributed by atoms with E-state index in [0.29, 0.717) is 6.04 Å². The van der Waals surface area contributed by atoms with Gasteiger partial charge in [0.05, 0.1) is 0 Å². The molecule has 4 heteroatoms. The van der Waals surface area contributed by atoms with Gasteiger partial charge in [0.1, 0.15) is 5.82 Å². The molecular formula is C17H26BrN3. The van der Waals surface area contributed by atoms with E-state index in [1.165, 1.54) is 56.3 Å². The molecule has 1 aliphatic carbocycles. The molecule has 3 rings (SSSR count). The summed E-state index contributed by atoms with van der Waals surface area (Å²) in [6.07, 6.45) is 11.1. The second-order valence-corrected chi connectivity index (χ2v) is 7.34. The van der Waals surface area contributed by atoms with Gasteiger partial charge in [0.2, 0.25) is 0 Å². The molecule has 0 amide bonds. The van der Waals surface area contributed by atoms with Gasteiger partial charge >= 0.3 is 0 Å². The molecular weight excluding hydrogens is 326 g/mol. The normalized spacial score (nSPS) is 22.6. The number of piperidine rings is 1. The van der Waals surface area contributed by atoms with E-state index in [2.05, 4.69) is 39.1 Å². The first-order valence-electron chi connectivity index (χ1n) is 8.42. The maximum atomic E-state index is 4.77. The minimum absolute atomic E-state index is 0.678. The standard InChI is InChI=1S/C17H26BrN3/c1-2-5-16-6-3-4-9-21(16)17-13(10-14(18)12-20-17)11-19-15-7-8-15/h10,12,15-16,19H,2-9,11H2,1H3. The summed E-state index contributed by atoms with van der Waals surface area (Å²) in [7, 11) is 0. The predicted molar refractivity (Wildman–Crippen MR) is 91.7 cm³/mol. The Bertz CT molecular complexity index is 471. The van der Waals surface area contributed by atoms with Gasteiger partial charge in [-0.2, -0.15) is 0 Å². The summed E-state index contributed by atoms with van der Waals surface area (Å²) in [6.45, 7) is 4.40. The molecule has 1 aromatic rings. The third-order valence-corrected chi connectivity index (χ3v) is 5.02. The molecule has 0 spiro atoms. The van der Waals surface area contributed by atoms with E-state index in [-0.39, 0.29) is 0 Å². The van der Waals surface area contributed by atoms with E-state index in [1.807, 2.05) is 6.20 Å². The van der Waals surface area contributed by atoms with Gasteiger partial charge in [-0.25, -0.2) is 4.98 Å². The van der Waals surface area contributed by atoms with Crippen LogP contribution in [0.5, 0.6) is 0 Å². The van der Waals surface area contributed by atoms with Crippen LogP contribution in [0.15, 0.2) is 16.7 Å². The number of anilines is 1. The number of pyridine rings is 1. The fourth-order valence-corrected chi connectivity index (χ4v) is 3.70. The highest BCUT2D eigenvalue weighted by Crippen LogP contribution is 2.30. The van der Waals surface area contributed by atoms with Crippen LogP contribution >= 0.6 is 15.9 Å². The van der Waals surface area contributed by atoms with Crippen molar-refractivity contribution < 1.29 is 0 Å². The third-order valence-electron chi connectivity index (χ3n) is 4.59. The fraction of sp³-hybridized carbons (Fsp3) is 0.706. The average Bonchev–Trinajstić information content (AvgIpc) is 3.31. The van der Waals surface area contributed by atoms with Crippen molar-refractivity contribution >= 4 is 21.7 Å². The van der Waals surface area contributed by atoms with E-state index >= 15 is 0 Å². The van der Waals surface area contributed by atoms with Crippen LogP contribution in [0, 0.1) is 0 Å². The highest BCUT2D eigenvalue weighted by molar-refractivity contribution is 9.10. The number of nitrogens with zero attached hydrogens (tertiary/aromatic N) is 2. The number of aromatic nitrogens is 1. The Balaban J connectivity index is 1.80. The van der Waals surface area contributed by atoms with Crippen LogP contribution in [0.1, 0.15) is 57.4 Å². The Morgan fingerprint density at radius 1 is 1.33 bits per heavy atom. The van der Waals surface area contributed by atoms with Crippen molar-refractivity contribution in [3.05, 3.63) is 22.3 Å². The molecule has 1 saturated heterocycles. The van der Waals surface area contributed by atoms with E-state index in [1.54, 1.807) is 0 Å². The van der Waals surface area contributed by atoms with Crippen molar-refractivity contribution in [2.45, 2.75) is 70.5 Å². The largest absolute Gasteiger partial charge is 0.353 e. The Morgan fingerprint density at radius 3 is 2.95 bits per heavy atom. The van der Waals surface area contributed by atoms with Gasteiger partial charge in [0, 0.05) is 41.4 Å². The SMILES string of the molecule is CCCC1CCCCN1c1ncc(Br)cc1CNC1CC1. The molecule has 0 radical (unpaired) electrons. The number of hydrogen-bond acceptors (Lipinski definition) is 3. The van der Waals surface area contributed by atoms with Crippen molar-refractivity contribution in [2.75, 3.05) is 11.4 Å². The second-order valence-electron chi connectivity index (χ2n) is 6.42. The number of nitrogens with one attached hydrogen (secondary N) is 1. The predicted octanol–water partition coefficient (Wildman–Crippen LogP) is 4.26. The fourth-order valence-electron chi connectivity index (χ4n) is 3.32.